The molecule has 84 valence electrons. The lowest BCUT2D eigenvalue weighted by Gasteiger charge is -2.40. The Morgan fingerprint density at radius 3 is 2.14 bits per heavy atom. The molecule has 1 rings (SSSR count). The molecule has 0 N–H and O–H groups in total. The first-order valence-corrected chi connectivity index (χ1v) is 5.76. The predicted octanol–water partition coefficient (Wildman–Crippen LogP) is 1.84. The van der Waals surface area contributed by atoms with Crippen LogP contribution in [-0.4, -0.2) is 30.8 Å². The van der Waals surface area contributed by atoms with Crippen molar-refractivity contribution in [3.63, 3.8) is 0 Å². The Bertz CT molecular complexity index is 333. The maximum Gasteiger partial charge on any atom is 0.420 e. The van der Waals surface area contributed by atoms with Crippen LogP contribution in [0.2, 0.25) is 0 Å². The Morgan fingerprint density at radius 1 is 1.36 bits per heavy atom. The fraction of sp³-hybridized carbons (Fsp3) is 1.00. The van der Waals surface area contributed by atoms with Gasteiger partial charge in [-0.25, -0.2) is 4.39 Å². The molecule has 1 heterocycles. The van der Waals surface area contributed by atoms with Gasteiger partial charge < -0.3 is 0 Å². The molecule has 0 aromatic rings. The first-order chi connectivity index (χ1) is 6.16. The van der Waals surface area contributed by atoms with Crippen molar-refractivity contribution in [3.8, 4) is 0 Å². The van der Waals surface area contributed by atoms with Crippen molar-refractivity contribution in [1.82, 2.24) is 0 Å². The van der Waals surface area contributed by atoms with E-state index >= 15 is 0 Å². The molecule has 0 spiro atoms. The van der Waals surface area contributed by atoms with Gasteiger partial charge in [0, 0.05) is 12.3 Å². The summed E-state index contributed by atoms with van der Waals surface area (Å²) in [7, 11) is -4.89. The molecule has 0 aliphatic carbocycles. The summed E-state index contributed by atoms with van der Waals surface area (Å²) in [6.07, 6.45) is -5.46. The normalized spacial score (nSPS) is 36.1. The Kier molecular flexibility index (Phi) is 3.00. The third-order valence-corrected chi connectivity index (χ3v) is 4.16. The average Bonchev–Trinajstić information content (AvgIpc) is 2.01. The fourth-order valence-corrected chi connectivity index (χ4v) is 2.51. The van der Waals surface area contributed by atoms with Crippen molar-refractivity contribution in [2.24, 2.45) is 0 Å². The monoisotopic (exact) mass is 272 g/mol. The van der Waals surface area contributed by atoms with E-state index in [2.05, 4.69) is 4.18 Å². The molecule has 9 heteroatoms. The van der Waals surface area contributed by atoms with E-state index in [9.17, 15) is 21.6 Å². The van der Waals surface area contributed by atoms with Crippen LogP contribution in [-0.2, 0) is 14.3 Å². The first-order valence-electron chi connectivity index (χ1n) is 3.38. The molecule has 2 unspecified atom stereocenters. The highest BCUT2D eigenvalue weighted by Gasteiger charge is 2.78. The Balaban J connectivity index is 2.91. The zero-order valence-corrected chi connectivity index (χ0v) is 8.84. The maximum absolute atomic E-state index is 13.3. The summed E-state index contributed by atoms with van der Waals surface area (Å²) in [5, 5.41) is -4.97. The molecule has 0 radical (unpaired) electrons. The zero-order chi connectivity index (χ0) is 11.2. The molecule has 0 aromatic carbocycles. The molecule has 1 aliphatic rings. The number of hydrogen-bond acceptors (Lipinski definition) is 3. The van der Waals surface area contributed by atoms with E-state index in [0.717, 1.165) is 0 Å². The highest BCUT2D eigenvalue weighted by molar-refractivity contribution is 7.89. The van der Waals surface area contributed by atoms with Crippen LogP contribution in [0.15, 0.2) is 0 Å². The molecule has 1 fully saturated rings. The van der Waals surface area contributed by atoms with Crippen molar-refractivity contribution in [2.45, 2.75) is 22.9 Å². The van der Waals surface area contributed by atoms with Crippen molar-refractivity contribution < 1.29 is 25.8 Å². The van der Waals surface area contributed by atoms with Crippen molar-refractivity contribution >= 4 is 33.3 Å². The van der Waals surface area contributed by atoms with E-state index in [-0.39, 0.29) is 5.88 Å². The molecular formula is C5H5Cl2F3O3S. The lowest BCUT2D eigenvalue weighted by atomic mass is 10.2. The van der Waals surface area contributed by atoms with Gasteiger partial charge in [0.25, 0.3) is 0 Å². The van der Waals surface area contributed by atoms with Gasteiger partial charge in [0.15, 0.2) is 0 Å². The second kappa shape index (κ2) is 3.40. The third kappa shape index (κ3) is 1.60. The molecule has 0 aromatic heterocycles. The highest BCUT2D eigenvalue weighted by atomic mass is 35.5. The molecule has 14 heavy (non-hydrogen) atoms. The maximum atomic E-state index is 13.3. The lowest BCUT2D eigenvalue weighted by Crippen LogP contribution is -2.65. The minimum atomic E-state index is -4.89. The van der Waals surface area contributed by atoms with Crippen LogP contribution in [0.3, 0.4) is 0 Å². The van der Waals surface area contributed by atoms with Crippen LogP contribution in [0.25, 0.3) is 0 Å². The summed E-state index contributed by atoms with van der Waals surface area (Å²) in [4.78, 5) is 0. The van der Waals surface area contributed by atoms with Gasteiger partial charge in [-0.05, 0) is 0 Å². The predicted molar refractivity (Wildman–Crippen MR) is 43.8 cm³/mol. The molecule has 1 aliphatic heterocycles. The minimum Gasteiger partial charge on any atom is -0.214 e. The van der Waals surface area contributed by atoms with Crippen LogP contribution in [0, 0.1) is 0 Å². The molecular weight excluding hydrogens is 268 g/mol. The molecule has 1 saturated heterocycles. The van der Waals surface area contributed by atoms with Gasteiger partial charge in [-0.3, -0.25) is 0 Å². The summed E-state index contributed by atoms with van der Waals surface area (Å²) in [5.41, 5.74) is 0. The van der Waals surface area contributed by atoms with E-state index in [4.69, 9.17) is 23.2 Å². The lowest BCUT2D eigenvalue weighted by molar-refractivity contribution is -0.276. The van der Waals surface area contributed by atoms with Crippen LogP contribution < -0.4 is 0 Å². The second-order valence-corrected chi connectivity index (χ2v) is 5.39. The van der Waals surface area contributed by atoms with Gasteiger partial charge in [-0.2, -0.15) is 21.4 Å². The first kappa shape index (κ1) is 12.4. The molecule has 2 atom stereocenters. The minimum absolute atomic E-state index is 0.334. The van der Waals surface area contributed by atoms with Crippen molar-refractivity contribution in [1.29, 1.82) is 0 Å². The summed E-state index contributed by atoms with van der Waals surface area (Å²) < 4.78 is 62.7. The fourth-order valence-electron chi connectivity index (χ4n) is 0.938. The van der Waals surface area contributed by atoms with Crippen LogP contribution in [0.1, 0.15) is 6.42 Å². The number of alkyl halides is 5. The Morgan fingerprint density at radius 2 is 1.86 bits per heavy atom. The SMILES string of the molecule is O=S1(=O)OC(F)(F)C1(F)CC(Cl)CCl. The van der Waals surface area contributed by atoms with E-state index in [1.165, 1.54) is 0 Å². The summed E-state index contributed by atoms with van der Waals surface area (Å²) in [6.45, 7) is 0. The zero-order valence-electron chi connectivity index (χ0n) is 6.51. The van der Waals surface area contributed by atoms with Crippen molar-refractivity contribution in [2.75, 3.05) is 5.88 Å². The van der Waals surface area contributed by atoms with E-state index in [1.54, 1.807) is 0 Å². The van der Waals surface area contributed by atoms with E-state index < -0.39 is 33.0 Å². The van der Waals surface area contributed by atoms with Crippen molar-refractivity contribution in [3.05, 3.63) is 0 Å². The quantitative estimate of drug-likeness (QED) is 0.582. The van der Waals surface area contributed by atoms with Gasteiger partial charge in [0.05, 0.1) is 5.38 Å². The van der Waals surface area contributed by atoms with Gasteiger partial charge in [0.1, 0.15) is 0 Å². The summed E-state index contributed by atoms with van der Waals surface area (Å²) >= 11 is 10.4. The van der Waals surface area contributed by atoms with Crippen LogP contribution in [0.5, 0.6) is 0 Å². The van der Waals surface area contributed by atoms with Crippen LogP contribution >= 0.6 is 23.2 Å². The van der Waals surface area contributed by atoms with E-state index in [1.807, 2.05) is 0 Å². The van der Waals surface area contributed by atoms with E-state index in [0.29, 0.717) is 0 Å². The van der Waals surface area contributed by atoms with Crippen LogP contribution in [0.4, 0.5) is 13.2 Å². The Labute approximate surface area is 88.2 Å². The third-order valence-electron chi connectivity index (χ3n) is 1.70. The van der Waals surface area contributed by atoms with Gasteiger partial charge in [-0.15, -0.1) is 23.2 Å². The molecule has 0 amide bonds. The van der Waals surface area contributed by atoms with Gasteiger partial charge >= 0.3 is 21.2 Å². The van der Waals surface area contributed by atoms with Gasteiger partial charge in [-0.1, -0.05) is 0 Å². The number of halogens is 5. The smallest absolute Gasteiger partial charge is 0.214 e. The van der Waals surface area contributed by atoms with Gasteiger partial charge in [0.2, 0.25) is 0 Å². The second-order valence-electron chi connectivity index (χ2n) is 2.74. The molecule has 0 saturated carbocycles. The average molecular weight is 273 g/mol. The summed E-state index contributed by atoms with van der Waals surface area (Å²) in [6, 6.07) is 0. The largest absolute Gasteiger partial charge is 0.420 e. The number of hydrogen-bond donors (Lipinski definition) is 0. The molecule has 0 bridgehead atoms. The summed E-state index contributed by atoms with van der Waals surface area (Å²) in [5.74, 6) is -0.334. The highest BCUT2D eigenvalue weighted by Crippen LogP contribution is 2.53. The topological polar surface area (TPSA) is 43.4 Å². The standard InChI is InChI=1S/C5H5Cl2F3O3S/c6-2-3(7)1-4(8)5(9,10)13-14(4,11)12/h3H,1-2H2. The molecule has 3 nitrogen and oxygen atoms in total. The Hall–Kier alpha value is 0.280. The number of rotatable bonds is 3.